The van der Waals surface area contributed by atoms with Crippen LogP contribution in [0.5, 0.6) is 0 Å². The number of amides is 3. The van der Waals surface area contributed by atoms with Crippen LogP contribution in [-0.4, -0.2) is 77.5 Å². The standard InChI is InChI=1S/C22H30FN5O4/c1-22(2,31)28-9-5-6-16(14-28)24-20(29)25-19-8-4-7-18(23)17(19)15-26-10-12-27(13-11-26)21(30)32-3/h4-8,14,31H,9-13,15H2,1-3H3,(H2,24,25,29). The summed E-state index contributed by atoms with van der Waals surface area (Å²) in [6.45, 7) is 6.25. The number of benzene rings is 1. The SMILES string of the molecule is COC(=O)N1CCN(Cc2c(F)cccc2NC(=O)NC2=CN(C(C)(C)O)CC=C2)CC1. The first-order chi connectivity index (χ1) is 15.2. The van der Waals surface area contributed by atoms with Gasteiger partial charge in [-0.2, -0.15) is 0 Å². The molecule has 3 N–H and O–H groups in total. The monoisotopic (exact) mass is 447 g/mol. The molecule has 0 spiro atoms. The van der Waals surface area contributed by atoms with Crippen molar-refractivity contribution in [1.29, 1.82) is 0 Å². The molecule has 3 amide bonds. The van der Waals surface area contributed by atoms with Gasteiger partial charge in [0.05, 0.1) is 12.8 Å². The second-order valence-corrected chi connectivity index (χ2v) is 8.21. The second-order valence-electron chi connectivity index (χ2n) is 8.21. The van der Waals surface area contributed by atoms with E-state index in [4.69, 9.17) is 4.74 Å². The van der Waals surface area contributed by atoms with Crippen molar-refractivity contribution in [2.75, 3.05) is 45.2 Å². The predicted molar refractivity (Wildman–Crippen MR) is 118 cm³/mol. The highest BCUT2D eigenvalue weighted by Crippen LogP contribution is 2.22. The first kappa shape index (κ1) is 23.6. The fourth-order valence-corrected chi connectivity index (χ4v) is 3.57. The predicted octanol–water partition coefficient (Wildman–Crippen LogP) is 2.27. The van der Waals surface area contributed by atoms with E-state index in [0.29, 0.717) is 56.2 Å². The lowest BCUT2D eigenvalue weighted by Crippen LogP contribution is -2.48. The molecule has 2 heterocycles. The van der Waals surface area contributed by atoms with Gasteiger partial charge in [-0.1, -0.05) is 12.1 Å². The lowest BCUT2D eigenvalue weighted by atomic mass is 10.1. The molecule has 1 aromatic carbocycles. The van der Waals surface area contributed by atoms with Crippen LogP contribution in [0.1, 0.15) is 19.4 Å². The molecule has 3 rings (SSSR count). The number of urea groups is 1. The molecule has 9 nitrogen and oxygen atoms in total. The lowest BCUT2D eigenvalue weighted by Gasteiger charge is -2.34. The zero-order chi connectivity index (χ0) is 23.3. The van der Waals surface area contributed by atoms with Gasteiger partial charge in [0.25, 0.3) is 0 Å². The van der Waals surface area contributed by atoms with Crippen LogP contribution in [0.4, 0.5) is 19.7 Å². The van der Waals surface area contributed by atoms with E-state index in [2.05, 4.69) is 10.6 Å². The van der Waals surface area contributed by atoms with Crippen LogP contribution in [-0.2, 0) is 11.3 Å². The van der Waals surface area contributed by atoms with Crippen molar-refractivity contribution < 1.29 is 23.8 Å². The Morgan fingerprint density at radius 1 is 1.19 bits per heavy atom. The number of methoxy groups -OCH3 is 1. The number of carbonyl (C=O) groups is 2. The molecule has 0 aromatic heterocycles. The van der Waals surface area contributed by atoms with Crippen molar-refractivity contribution in [3.05, 3.63) is 53.6 Å². The Kier molecular flexibility index (Phi) is 7.37. The summed E-state index contributed by atoms with van der Waals surface area (Å²) < 4.78 is 19.4. The number of allylic oxidation sites excluding steroid dienone is 1. The zero-order valence-electron chi connectivity index (χ0n) is 18.6. The minimum atomic E-state index is -1.07. The van der Waals surface area contributed by atoms with Gasteiger partial charge in [-0.05, 0) is 32.1 Å². The van der Waals surface area contributed by atoms with Gasteiger partial charge in [-0.3, -0.25) is 4.90 Å². The molecule has 0 atom stereocenters. The van der Waals surface area contributed by atoms with Gasteiger partial charge in [-0.15, -0.1) is 0 Å². The van der Waals surface area contributed by atoms with Gasteiger partial charge in [0.2, 0.25) is 0 Å². The van der Waals surface area contributed by atoms with E-state index in [0.717, 1.165) is 0 Å². The lowest BCUT2D eigenvalue weighted by molar-refractivity contribution is -0.0448. The first-order valence-corrected chi connectivity index (χ1v) is 10.5. The summed E-state index contributed by atoms with van der Waals surface area (Å²) in [5, 5.41) is 15.6. The summed E-state index contributed by atoms with van der Waals surface area (Å²) in [4.78, 5) is 29.5. The van der Waals surface area contributed by atoms with Gasteiger partial charge in [0, 0.05) is 56.7 Å². The normalized spacial score (nSPS) is 17.1. The van der Waals surface area contributed by atoms with Crippen molar-refractivity contribution in [2.45, 2.75) is 26.1 Å². The second kappa shape index (κ2) is 10.0. The van der Waals surface area contributed by atoms with E-state index in [-0.39, 0.29) is 6.09 Å². The van der Waals surface area contributed by atoms with Gasteiger partial charge >= 0.3 is 12.1 Å². The Labute approximate surface area is 187 Å². The Morgan fingerprint density at radius 2 is 1.91 bits per heavy atom. The Balaban J connectivity index is 1.64. The molecule has 1 fully saturated rings. The number of nitrogens with one attached hydrogen (secondary N) is 2. The summed E-state index contributed by atoms with van der Waals surface area (Å²) in [6, 6.07) is 4.04. The molecule has 1 aromatic rings. The molecule has 2 aliphatic heterocycles. The fraction of sp³-hybridized carbons (Fsp3) is 0.455. The number of hydrogen-bond donors (Lipinski definition) is 3. The third-order valence-electron chi connectivity index (χ3n) is 5.41. The number of anilines is 1. The maximum atomic E-state index is 14.6. The highest BCUT2D eigenvalue weighted by atomic mass is 19.1. The van der Waals surface area contributed by atoms with Crippen LogP contribution in [0.3, 0.4) is 0 Å². The molecular weight excluding hydrogens is 417 g/mol. The van der Waals surface area contributed by atoms with E-state index in [1.165, 1.54) is 13.2 Å². The number of carbonyl (C=O) groups excluding carboxylic acids is 2. The van der Waals surface area contributed by atoms with E-state index in [1.54, 1.807) is 48.1 Å². The quantitative estimate of drug-likeness (QED) is 0.641. The van der Waals surface area contributed by atoms with Gasteiger partial charge in [0.15, 0.2) is 0 Å². The van der Waals surface area contributed by atoms with Gasteiger partial charge < -0.3 is 30.3 Å². The molecule has 0 bridgehead atoms. The van der Waals surface area contributed by atoms with Crippen molar-refractivity contribution in [3.63, 3.8) is 0 Å². The fourth-order valence-electron chi connectivity index (χ4n) is 3.57. The largest absolute Gasteiger partial charge is 0.453 e. The van der Waals surface area contributed by atoms with Gasteiger partial charge in [0.1, 0.15) is 11.5 Å². The number of ether oxygens (including phenoxy) is 1. The summed E-state index contributed by atoms with van der Waals surface area (Å²) in [7, 11) is 1.35. The first-order valence-electron chi connectivity index (χ1n) is 10.5. The number of nitrogens with zero attached hydrogens (tertiary/aromatic N) is 3. The molecule has 2 aliphatic rings. The van der Waals surface area contributed by atoms with Crippen LogP contribution in [0.2, 0.25) is 0 Å². The zero-order valence-corrected chi connectivity index (χ0v) is 18.6. The number of hydrogen-bond acceptors (Lipinski definition) is 6. The molecule has 0 aliphatic carbocycles. The van der Waals surface area contributed by atoms with Crippen LogP contribution < -0.4 is 10.6 Å². The molecule has 174 valence electrons. The van der Waals surface area contributed by atoms with Crippen molar-refractivity contribution in [2.24, 2.45) is 0 Å². The number of rotatable bonds is 5. The molecule has 0 saturated carbocycles. The molecule has 1 saturated heterocycles. The molecule has 0 radical (unpaired) electrons. The maximum absolute atomic E-state index is 14.6. The summed E-state index contributed by atoms with van der Waals surface area (Å²) >= 11 is 0. The smallest absolute Gasteiger partial charge is 0.409 e. The average molecular weight is 448 g/mol. The van der Waals surface area contributed by atoms with Crippen molar-refractivity contribution >= 4 is 17.8 Å². The van der Waals surface area contributed by atoms with Crippen LogP contribution in [0.25, 0.3) is 0 Å². The number of piperazine rings is 1. The summed E-state index contributed by atoms with van der Waals surface area (Å²) in [5.41, 5.74) is 0.188. The molecule has 10 heteroatoms. The van der Waals surface area contributed by atoms with E-state index >= 15 is 0 Å². The summed E-state index contributed by atoms with van der Waals surface area (Å²) in [6.07, 6.45) is 4.86. The molecule has 32 heavy (non-hydrogen) atoms. The minimum absolute atomic E-state index is 0.298. The molecule has 0 unspecified atom stereocenters. The van der Waals surface area contributed by atoms with E-state index in [1.807, 2.05) is 11.0 Å². The van der Waals surface area contributed by atoms with E-state index < -0.39 is 17.6 Å². The van der Waals surface area contributed by atoms with Crippen LogP contribution in [0, 0.1) is 5.82 Å². The summed E-state index contributed by atoms with van der Waals surface area (Å²) in [5.74, 6) is -0.414. The van der Waals surface area contributed by atoms with Crippen LogP contribution in [0.15, 0.2) is 42.2 Å². The van der Waals surface area contributed by atoms with Crippen molar-refractivity contribution in [1.82, 2.24) is 20.0 Å². The Hall–Kier alpha value is -3.11. The highest BCUT2D eigenvalue weighted by Gasteiger charge is 2.24. The van der Waals surface area contributed by atoms with Crippen molar-refractivity contribution in [3.8, 4) is 0 Å². The average Bonchev–Trinajstić information content (AvgIpc) is 2.75. The third kappa shape index (κ3) is 5.98. The Morgan fingerprint density at radius 3 is 2.56 bits per heavy atom. The van der Waals surface area contributed by atoms with Crippen LogP contribution >= 0.6 is 0 Å². The Bertz CT molecular complexity index is 904. The topological polar surface area (TPSA) is 97.4 Å². The maximum Gasteiger partial charge on any atom is 0.409 e. The number of halogens is 1. The highest BCUT2D eigenvalue weighted by molar-refractivity contribution is 5.91. The van der Waals surface area contributed by atoms with Gasteiger partial charge in [-0.25, -0.2) is 14.0 Å². The third-order valence-corrected chi connectivity index (χ3v) is 5.41. The number of aliphatic hydroxyl groups is 1. The van der Waals surface area contributed by atoms with E-state index in [9.17, 15) is 19.1 Å². The molecular formula is C22H30FN5O4. The minimum Gasteiger partial charge on any atom is -0.453 e.